The van der Waals surface area contributed by atoms with Crippen molar-refractivity contribution in [1.82, 2.24) is 9.78 Å². The highest BCUT2D eigenvalue weighted by Crippen LogP contribution is 2.28. The molecule has 2 aromatic rings. The van der Waals surface area contributed by atoms with E-state index in [0.717, 1.165) is 12.0 Å². The molecule has 0 amide bonds. The molecule has 5 nitrogen and oxygen atoms in total. The maximum atomic E-state index is 13.7. The number of hydrogen-bond acceptors (Lipinski definition) is 4. The zero-order valence-corrected chi connectivity index (χ0v) is 12.6. The summed E-state index contributed by atoms with van der Waals surface area (Å²) in [5.41, 5.74) is 8.01. The Hall–Kier alpha value is -2.24. The van der Waals surface area contributed by atoms with Crippen LogP contribution < -0.4 is 15.8 Å². The number of anilines is 2. The second-order valence-corrected chi connectivity index (χ2v) is 5.24. The number of halogens is 1. The van der Waals surface area contributed by atoms with Crippen LogP contribution >= 0.6 is 0 Å². The molecule has 6 heteroatoms. The van der Waals surface area contributed by atoms with Crippen LogP contribution in [-0.4, -0.2) is 22.4 Å². The Morgan fingerprint density at radius 3 is 2.81 bits per heavy atom. The first-order chi connectivity index (χ1) is 9.95. The normalized spacial score (nSPS) is 10.9. The predicted octanol–water partition coefficient (Wildman–Crippen LogP) is 2.58. The van der Waals surface area contributed by atoms with Crippen LogP contribution in [0.5, 0.6) is 5.75 Å². The number of nitrogens with one attached hydrogen (secondary N) is 1. The lowest BCUT2D eigenvalue weighted by Crippen LogP contribution is -2.10. The molecule has 0 fully saturated rings. The van der Waals surface area contributed by atoms with Gasteiger partial charge in [-0.3, -0.25) is 4.68 Å². The van der Waals surface area contributed by atoms with Crippen molar-refractivity contribution >= 4 is 11.4 Å². The second kappa shape index (κ2) is 6.47. The van der Waals surface area contributed by atoms with E-state index in [1.165, 1.54) is 6.07 Å². The second-order valence-electron chi connectivity index (χ2n) is 5.24. The van der Waals surface area contributed by atoms with E-state index in [-0.39, 0.29) is 11.9 Å². The van der Waals surface area contributed by atoms with Crippen LogP contribution in [0, 0.1) is 5.82 Å². The van der Waals surface area contributed by atoms with Crippen molar-refractivity contribution in [2.45, 2.75) is 26.4 Å². The predicted molar refractivity (Wildman–Crippen MR) is 82.0 cm³/mol. The van der Waals surface area contributed by atoms with E-state index in [4.69, 9.17) is 10.5 Å². The van der Waals surface area contributed by atoms with Gasteiger partial charge in [0.1, 0.15) is 0 Å². The maximum absolute atomic E-state index is 13.7. The molecule has 0 saturated carbocycles. The monoisotopic (exact) mass is 292 g/mol. The summed E-state index contributed by atoms with van der Waals surface area (Å²) in [6.45, 7) is 4.39. The summed E-state index contributed by atoms with van der Waals surface area (Å²) in [5.74, 6) is -0.234. The van der Waals surface area contributed by atoms with Gasteiger partial charge < -0.3 is 15.8 Å². The Bertz CT molecular complexity index is 610. The highest BCUT2D eigenvalue weighted by atomic mass is 19.1. The molecule has 0 atom stereocenters. The molecule has 2 rings (SSSR count). The van der Waals surface area contributed by atoms with Gasteiger partial charge in [0.2, 0.25) is 0 Å². The van der Waals surface area contributed by atoms with Gasteiger partial charge in [0.05, 0.1) is 23.7 Å². The standard InChI is InChI=1S/C15H21FN4O/c1-10(2)21-15-7-14(13(17)6-12(15)16)18-5-4-11-8-19-20(3)9-11/h6-10,18H,4-5,17H2,1-3H3. The van der Waals surface area contributed by atoms with Gasteiger partial charge in [0, 0.05) is 31.9 Å². The van der Waals surface area contributed by atoms with E-state index in [1.807, 2.05) is 33.3 Å². The van der Waals surface area contributed by atoms with Crippen LogP contribution in [0.3, 0.4) is 0 Å². The smallest absolute Gasteiger partial charge is 0.167 e. The van der Waals surface area contributed by atoms with Crippen LogP contribution in [0.25, 0.3) is 0 Å². The van der Waals surface area contributed by atoms with E-state index in [0.29, 0.717) is 17.9 Å². The quantitative estimate of drug-likeness (QED) is 0.803. The highest BCUT2D eigenvalue weighted by molar-refractivity contribution is 5.68. The third kappa shape index (κ3) is 4.11. The third-order valence-corrected chi connectivity index (χ3v) is 2.95. The van der Waals surface area contributed by atoms with Crippen molar-refractivity contribution < 1.29 is 9.13 Å². The number of nitrogens with two attached hydrogens (primary N) is 1. The molecule has 21 heavy (non-hydrogen) atoms. The Morgan fingerprint density at radius 2 is 2.19 bits per heavy atom. The minimum atomic E-state index is -0.445. The molecule has 0 aliphatic heterocycles. The van der Waals surface area contributed by atoms with Crippen molar-refractivity contribution in [3.05, 3.63) is 35.9 Å². The van der Waals surface area contributed by atoms with Gasteiger partial charge in [-0.15, -0.1) is 0 Å². The molecule has 3 N–H and O–H groups in total. The molecule has 0 spiro atoms. The number of aryl methyl sites for hydroxylation is 1. The molecule has 0 bridgehead atoms. The van der Waals surface area contributed by atoms with Gasteiger partial charge >= 0.3 is 0 Å². The van der Waals surface area contributed by atoms with Gasteiger partial charge in [0.25, 0.3) is 0 Å². The van der Waals surface area contributed by atoms with Crippen molar-refractivity contribution in [2.75, 3.05) is 17.6 Å². The first-order valence-corrected chi connectivity index (χ1v) is 6.92. The zero-order valence-electron chi connectivity index (χ0n) is 12.6. The first-order valence-electron chi connectivity index (χ1n) is 6.92. The molecule has 0 radical (unpaired) electrons. The fourth-order valence-corrected chi connectivity index (χ4v) is 2.01. The largest absolute Gasteiger partial charge is 0.488 e. The molecule has 0 saturated heterocycles. The summed E-state index contributed by atoms with van der Waals surface area (Å²) in [4.78, 5) is 0. The summed E-state index contributed by atoms with van der Waals surface area (Å²) >= 11 is 0. The van der Waals surface area contributed by atoms with E-state index in [9.17, 15) is 4.39 Å². The van der Waals surface area contributed by atoms with Crippen LogP contribution in [0.4, 0.5) is 15.8 Å². The van der Waals surface area contributed by atoms with Crippen molar-refractivity contribution in [3.8, 4) is 5.75 Å². The molecule has 1 heterocycles. The minimum absolute atomic E-state index is 0.0913. The Balaban J connectivity index is 2.01. The summed E-state index contributed by atoms with van der Waals surface area (Å²) in [7, 11) is 1.88. The molecular weight excluding hydrogens is 271 g/mol. The van der Waals surface area contributed by atoms with Crippen LogP contribution in [0.1, 0.15) is 19.4 Å². The van der Waals surface area contributed by atoms with Crippen molar-refractivity contribution in [3.63, 3.8) is 0 Å². The fourth-order valence-electron chi connectivity index (χ4n) is 2.01. The van der Waals surface area contributed by atoms with E-state index >= 15 is 0 Å². The number of nitrogens with zero attached hydrogens (tertiary/aromatic N) is 2. The average Bonchev–Trinajstić information content (AvgIpc) is 2.80. The first kappa shape index (κ1) is 15.2. The number of rotatable bonds is 6. The zero-order chi connectivity index (χ0) is 15.4. The average molecular weight is 292 g/mol. The van der Waals surface area contributed by atoms with Gasteiger partial charge in [-0.2, -0.15) is 5.10 Å². The Kier molecular flexibility index (Phi) is 4.67. The lowest BCUT2D eigenvalue weighted by Gasteiger charge is -2.15. The van der Waals surface area contributed by atoms with E-state index < -0.39 is 5.82 Å². The number of aromatic nitrogens is 2. The molecule has 0 unspecified atom stereocenters. The van der Waals surface area contributed by atoms with Gasteiger partial charge in [-0.1, -0.05) is 0 Å². The number of ether oxygens (including phenoxy) is 1. The van der Waals surface area contributed by atoms with Crippen LogP contribution in [0.2, 0.25) is 0 Å². The molecular formula is C15H21FN4O. The van der Waals surface area contributed by atoms with Gasteiger partial charge in [0.15, 0.2) is 11.6 Å². The van der Waals surface area contributed by atoms with Crippen molar-refractivity contribution in [1.29, 1.82) is 0 Å². The molecule has 0 aliphatic rings. The highest BCUT2D eigenvalue weighted by Gasteiger charge is 2.10. The van der Waals surface area contributed by atoms with Crippen molar-refractivity contribution in [2.24, 2.45) is 7.05 Å². The number of benzene rings is 1. The van der Waals surface area contributed by atoms with Crippen LogP contribution in [0.15, 0.2) is 24.5 Å². The number of nitrogen functional groups attached to an aromatic ring is 1. The molecule has 1 aromatic heterocycles. The molecule has 114 valence electrons. The Morgan fingerprint density at radius 1 is 1.43 bits per heavy atom. The number of hydrogen-bond donors (Lipinski definition) is 2. The van der Waals surface area contributed by atoms with E-state index in [2.05, 4.69) is 10.4 Å². The maximum Gasteiger partial charge on any atom is 0.167 e. The topological polar surface area (TPSA) is 65.1 Å². The lowest BCUT2D eigenvalue weighted by molar-refractivity contribution is 0.231. The minimum Gasteiger partial charge on any atom is -0.488 e. The summed E-state index contributed by atoms with van der Waals surface area (Å²) in [6.07, 6.45) is 4.50. The summed E-state index contributed by atoms with van der Waals surface area (Å²) < 4.78 is 20.9. The SMILES string of the molecule is CC(C)Oc1cc(NCCc2cnn(C)c2)c(N)cc1F. The molecule has 1 aromatic carbocycles. The van der Waals surface area contributed by atoms with Gasteiger partial charge in [-0.25, -0.2) is 4.39 Å². The van der Waals surface area contributed by atoms with E-state index in [1.54, 1.807) is 10.7 Å². The van der Waals surface area contributed by atoms with Crippen LogP contribution in [-0.2, 0) is 13.5 Å². The Labute approximate surface area is 123 Å². The summed E-state index contributed by atoms with van der Waals surface area (Å²) in [5, 5.41) is 7.32. The summed E-state index contributed by atoms with van der Waals surface area (Å²) in [6, 6.07) is 2.89. The van der Waals surface area contributed by atoms with Gasteiger partial charge in [-0.05, 0) is 25.8 Å². The molecule has 0 aliphatic carbocycles. The lowest BCUT2D eigenvalue weighted by atomic mass is 10.2. The third-order valence-electron chi connectivity index (χ3n) is 2.95. The fraction of sp³-hybridized carbons (Fsp3) is 0.400.